The van der Waals surface area contributed by atoms with Gasteiger partial charge in [0, 0.05) is 5.56 Å². The van der Waals surface area contributed by atoms with E-state index in [-0.39, 0.29) is 5.78 Å². The molecule has 0 N–H and O–H groups in total. The first-order chi connectivity index (χ1) is 9.47. The second kappa shape index (κ2) is 5.91. The zero-order chi connectivity index (χ0) is 14.7. The number of aryl methyl sites for hydroxylation is 3. The van der Waals surface area contributed by atoms with Gasteiger partial charge in [0.2, 0.25) is 5.78 Å². The molecule has 1 atom stereocenters. The fourth-order valence-electron chi connectivity index (χ4n) is 2.13. The molecule has 0 heterocycles. The van der Waals surface area contributed by atoms with Gasteiger partial charge in [-0.25, -0.2) is 0 Å². The molecule has 2 nitrogen and oxygen atoms in total. The normalized spacial score (nSPS) is 12.0. The Kier molecular flexibility index (Phi) is 4.23. The van der Waals surface area contributed by atoms with Crippen molar-refractivity contribution in [1.29, 1.82) is 0 Å². The van der Waals surface area contributed by atoms with E-state index in [1.54, 1.807) is 6.92 Å². The molecule has 2 aromatic rings. The molecule has 0 fully saturated rings. The van der Waals surface area contributed by atoms with Gasteiger partial charge in [-0.3, -0.25) is 4.79 Å². The number of hydrogen-bond donors (Lipinski definition) is 0. The van der Waals surface area contributed by atoms with Crippen molar-refractivity contribution in [3.63, 3.8) is 0 Å². The molecule has 0 spiro atoms. The van der Waals surface area contributed by atoms with E-state index in [0.717, 1.165) is 16.9 Å². The maximum Gasteiger partial charge on any atom is 0.202 e. The van der Waals surface area contributed by atoms with Crippen LogP contribution in [0.15, 0.2) is 42.5 Å². The first kappa shape index (κ1) is 14.3. The fourth-order valence-corrected chi connectivity index (χ4v) is 2.13. The van der Waals surface area contributed by atoms with Gasteiger partial charge < -0.3 is 4.74 Å². The Morgan fingerprint density at radius 2 is 1.55 bits per heavy atom. The molecule has 2 aromatic carbocycles. The Morgan fingerprint density at radius 1 is 0.950 bits per heavy atom. The van der Waals surface area contributed by atoms with Gasteiger partial charge in [0.1, 0.15) is 5.75 Å². The lowest BCUT2D eigenvalue weighted by Gasteiger charge is -2.16. The molecule has 0 saturated carbocycles. The predicted molar refractivity (Wildman–Crippen MR) is 81.5 cm³/mol. The molecule has 0 amide bonds. The standard InChI is InChI=1S/C18H20O2/c1-12-5-8-16(9-6-12)18(19)15(4)20-17-10-7-13(2)11-14(17)3/h5-11,15H,1-4H3. The summed E-state index contributed by atoms with van der Waals surface area (Å²) in [6, 6.07) is 13.5. The fraction of sp³-hybridized carbons (Fsp3) is 0.278. The topological polar surface area (TPSA) is 26.3 Å². The largest absolute Gasteiger partial charge is 0.482 e. The van der Waals surface area contributed by atoms with Crippen molar-refractivity contribution in [3.8, 4) is 5.75 Å². The third-order valence-corrected chi connectivity index (χ3v) is 3.34. The average molecular weight is 268 g/mol. The number of carbonyl (C=O) groups is 1. The predicted octanol–water partition coefficient (Wildman–Crippen LogP) is 4.26. The highest BCUT2D eigenvalue weighted by molar-refractivity contribution is 5.99. The van der Waals surface area contributed by atoms with Gasteiger partial charge in [0.25, 0.3) is 0 Å². The van der Waals surface area contributed by atoms with Gasteiger partial charge in [-0.1, -0.05) is 47.5 Å². The minimum atomic E-state index is -0.487. The Labute approximate surface area is 120 Å². The molecule has 0 aromatic heterocycles. The van der Waals surface area contributed by atoms with Crippen LogP contribution in [-0.4, -0.2) is 11.9 Å². The van der Waals surface area contributed by atoms with Crippen LogP contribution < -0.4 is 4.74 Å². The lowest BCUT2D eigenvalue weighted by atomic mass is 10.1. The van der Waals surface area contributed by atoms with E-state index in [4.69, 9.17) is 4.74 Å². The van der Waals surface area contributed by atoms with Crippen molar-refractivity contribution in [2.24, 2.45) is 0 Å². The van der Waals surface area contributed by atoms with Gasteiger partial charge in [-0.05, 0) is 39.3 Å². The summed E-state index contributed by atoms with van der Waals surface area (Å²) in [5, 5.41) is 0. The minimum Gasteiger partial charge on any atom is -0.482 e. The molecule has 2 rings (SSSR count). The van der Waals surface area contributed by atoms with Gasteiger partial charge in [0.15, 0.2) is 6.10 Å². The number of hydrogen-bond acceptors (Lipinski definition) is 2. The number of Topliss-reactive ketones (excluding diaryl/α,β-unsaturated/α-hetero) is 1. The van der Waals surface area contributed by atoms with Crippen LogP contribution in [0, 0.1) is 20.8 Å². The first-order valence-electron chi connectivity index (χ1n) is 6.82. The molecule has 1 unspecified atom stereocenters. The third-order valence-electron chi connectivity index (χ3n) is 3.34. The first-order valence-corrected chi connectivity index (χ1v) is 6.82. The molecule has 0 aliphatic rings. The average Bonchev–Trinajstić information content (AvgIpc) is 2.42. The number of rotatable bonds is 4. The second-order valence-electron chi connectivity index (χ2n) is 5.26. The monoisotopic (exact) mass is 268 g/mol. The van der Waals surface area contributed by atoms with Crippen molar-refractivity contribution in [2.75, 3.05) is 0 Å². The molecule has 0 aliphatic heterocycles. The third kappa shape index (κ3) is 3.27. The van der Waals surface area contributed by atoms with Crippen LogP contribution >= 0.6 is 0 Å². The molecule has 20 heavy (non-hydrogen) atoms. The van der Waals surface area contributed by atoms with Crippen molar-refractivity contribution < 1.29 is 9.53 Å². The highest BCUT2D eigenvalue weighted by Gasteiger charge is 2.17. The maximum absolute atomic E-state index is 12.3. The molecule has 0 aliphatic carbocycles. The number of ketones is 1. The highest BCUT2D eigenvalue weighted by atomic mass is 16.5. The SMILES string of the molecule is Cc1ccc(C(=O)C(C)Oc2ccc(C)cc2C)cc1. The Bertz CT molecular complexity index is 612. The zero-order valence-corrected chi connectivity index (χ0v) is 12.4. The van der Waals surface area contributed by atoms with E-state index in [0.29, 0.717) is 5.56 Å². The molecular formula is C18H20O2. The summed E-state index contributed by atoms with van der Waals surface area (Å²) < 4.78 is 5.80. The second-order valence-corrected chi connectivity index (χ2v) is 5.26. The number of carbonyl (C=O) groups excluding carboxylic acids is 1. The molecule has 0 saturated heterocycles. The van der Waals surface area contributed by atoms with Crippen LogP contribution in [0.4, 0.5) is 0 Å². The van der Waals surface area contributed by atoms with Crippen LogP contribution in [0.5, 0.6) is 5.75 Å². The maximum atomic E-state index is 12.3. The van der Waals surface area contributed by atoms with Crippen molar-refractivity contribution in [3.05, 3.63) is 64.7 Å². The molecular weight excluding hydrogens is 248 g/mol. The molecule has 2 heteroatoms. The van der Waals surface area contributed by atoms with Crippen LogP contribution in [-0.2, 0) is 0 Å². The van der Waals surface area contributed by atoms with E-state index >= 15 is 0 Å². The Balaban J connectivity index is 2.13. The van der Waals surface area contributed by atoms with E-state index in [1.807, 2.05) is 57.2 Å². The van der Waals surface area contributed by atoms with Crippen molar-refractivity contribution in [2.45, 2.75) is 33.8 Å². The van der Waals surface area contributed by atoms with Crippen LogP contribution in [0.2, 0.25) is 0 Å². The number of benzene rings is 2. The smallest absolute Gasteiger partial charge is 0.202 e. The van der Waals surface area contributed by atoms with Crippen LogP contribution in [0.1, 0.15) is 34.0 Å². The summed E-state index contributed by atoms with van der Waals surface area (Å²) in [5.41, 5.74) is 4.07. The summed E-state index contributed by atoms with van der Waals surface area (Å²) in [4.78, 5) is 12.3. The van der Waals surface area contributed by atoms with E-state index in [2.05, 4.69) is 6.07 Å². The van der Waals surface area contributed by atoms with E-state index in [9.17, 15) is 4.79 Å². The van der Waals surface area contributed by atoms with Crippen molar-refractivity contribution in [1.82, 2.24) is 0 Å². The highest BCUT2D eigenvalue weighted by Crippen LogP contribution is 2.21. The minimum absolute atomic E-state index is 0.00461. The van der Waals surface area contributed by atoms with E-state index in [1.165, 1.54) is 5.56 Å². The summed E-state index contributed by atoms with van der Waals surface area (Å²) in [7, 11) is 0. The van der Waals surface area contributed by atoms with Gasteiger partial charge in [-0.2, -0.15) is 0 Å². The van der Waals surface area contributed by atoms with Gasteiger partial charge >= 0.3 is 0 Å². The van der Waals surface area contributed by atoms with E-state index < -0.39 is 6.10 Å². The van der Waals surface area contributed by atoms with Crippen LogP contribution in [0.25, 0.3) is 0 Å². The summed E-state index contributed by atoms with van der Waals surface area (Å²) in [6.07, 6.45) is -0.487. The lowest BCUT2D eigenvalue weighted by molar-refractivity contribution is 0.0817. The lowest BCUT2D eigenvalue weighted by Crippen LogP contribution is -2.24. The zero-order valence-electron chi connectivity index (χ0n) is 12.4. The molecule has 0 radical (unpaired) electrons. The molecule has 0 bridgehead atoms. The number of ether oxygens (including phenoxy) is 1. The summed E-state index contributed by atoms with van der Waals surface area (Å²) >= 11 is 0. The summed E-state index contributed by atoms with van der Waals surface area (Å²) in [6.45, 7) is 7.83. The van der Waals surface area contributed by atoms with Gasteiger partial charge in [-0.15, -0.1) is 0 Å². The summed E-state index contributed by atoms with van der Waals surface area (Å²) in [5.74, 6) is 0.772. The van der Waals surface area contributed by atoms with Crippen LogP contribution in [0.3, 0.4) is 0 Å². The Hall–Kier alpha value is -2.09. The quantitative estimate of drug-likeness (QED) is 0.774. The van der Waals surface area contributed by atoms with Crippen molar-refractivity contribution >= 4 is 5.78 Å². The Morgan fingerprint density at radius 3 is 2.15 bits per heavy atom. The van der Waals surface area contributed by atoms with Gasteiger partial charge in [0.05, 0.1) is 0 Å². The molecule has 104 valence electrons.